The van der Waals surface area contributed by atoms with Gasteiger partial charge in [0.15, 0.2) is 0 Å². The van der Waals surface area contributed by atoms with Crippen molar-refractivity contribution >= 4 is 41.4 Å². The Balaban J connectivity index is 1.44. The summed E-state index contributed by atoms with van der Waals surface area (Å²) in [6, 6.07) is 4.25. The third kappa shape index (κ3) is 6.43. The number of hydrogen-bond donors (Lipinski definition) is 2. The molecule has 8 nitrogen and oxygen atoms in total. The van der Waals surface area contributed by atoms with Gasteiger partial charge in [-0.05, 0) is 37.1 Å². The van der Waals surface area contributed by atoms with Gasteiger partial charge in [0.1, 0.15) is 6.04 Å². The number of fused-ring (bicyclic) bond motifs is 1. The second kappa shape index (κ2) is 12.0. The van der Waals surface area contributed by atoms with Gasteiger partial charge >= 0.3 is 5.97 Å². The molecule has 1 unspecified atom stereocenters. The summed E-state index contributed by atoms with van der Waals surface area (Å²) < 4.78 is 0. The lowest BCUT2D eigenvalue weighted by Crippen LogP contribution is -2.54. The van der Waals surface area contributed by atoms with E-state index >= 15 is 0 Å². The number of amides is 4. The Morgan fingerprint density at radius 3 is 2.30 bits per heavy atom. The molecular weight excluding hydrogens is 444 g/mol. The normalized spacial score (nSPS) is 17.9. The number of aliphatic carboxylic acids is 1. The van der Waals surface area contributed by atoms with Crippen LogP contribution in [-0.2, 0) is 14.4 Å². The van der Waals surface area contributed by atoms with E-state index in [1.54, 1.807) is 23.9 Å². The summed E-state index contributed by atoms with van der Waals surface area (Å²) in [5.74, 6) is -1.83. The van der Waals surface area contributed by atoms with Crippen LogP contribution in [0.3, 0.4) is 0 Å². The maximum atomic E-state index is 13.1. The summed E-state index contributed by atoms with van der Waals surface area (Å²) in [6.45, 7) is 0. The van der Waals surface area contributed by atoms with Gasteiger partial charge in [0, 0.05) is 17.7 Å². The lowest BCUT2D eigenvalue weighted by atomic mass is 10.0. The molecule has 9 heteroatoms. The van der Waals surface area contributed by atoms with E-state index in [1.165, 1.54) is 0 Å². The van der Waals surface area contributed by atoms with Crippen LogP contribution < -0.4 is 5.32 Å². The predicted molar refractivity (Wildman–Crippen MR) is 123 cm³/mol. The number of thioether (sulfide) groups is 1. The lowest BCUT2D eigenvalue weighted by molar-refractivity contribution is -0.138. The van der Waals surface area contributed by atoms with E-state index in [-0.39, 0.29) is 25.2 Å². The van der Waals surface area contributed by atoms with Crippen LogP contribution in [0, 0.1) is 0 Å². The highest BCUT2D eigenvalue weighted by Crippen LogP contribution is 2.34. The molecular formula is C24H30N2O6S. The van der Waals surface area contributed by atoms with E-state index in [9.17, 15) is 24.0 Å². The largest absolute Gasteiger partial charge is 0.481 e. The number of imide groups is 2. The predicted octanol–water partition coefficient (Wildman–Crippen LogP) is 3.78. The molecule has 0 aromatic heterocycles. The summed E-state index contributed by atoms with van der Waals surface area (Å²) in [5, 5.41) is 10.8. The molecule has 0 radical (unpaired) electrons. The fraction of sp³-hybridized carbons (Fsp3) is 0.542. The first-order chi connectivity index (χ1) is 15.9. The monoisotopic (exact) mass is 474 g/mol. The van der Waals surface area contributed by atoms with Crippen LogP contribution in [0.1, 0.15) is 91.3 Å². The van der Waals surface area contributed by atoms with Crippen molar-refractivity contribution in [3.63, 3.8) is 0 Å². The molecule has 1 saturated heterocycles. The van der Waals surface area contributed by atoms with Crippen LogP contribution in [0.15, 0.2) is 23.1 Å². The Morgan fingerprint density at radius 1 is 0.970 bits per heavy atom. The van der Waals surface area contributed by atoms with Gasteiger partial charge < -0.3 is 5.11 Å². The van der Waals surface area contributed by atoms with Gasteiger partial charge in [0.2, 0.25) is 11.8 Å². The van der Waals surface area contributed by atoms with E-state index in [4.69, 9.17) is 5.11 Å². The van der Waals surface area contributed by atoms with Crippen LogP contribution in [-0.4, -0.2) is 51.4 Å². The first-order valence-corrected chi connectivity index (χ1v) is 12.6. The number of carbonyl (C=O) groups is 5. The highest BCUT2D eigenvalue weighted by molar-refractivity contribution is 7.99. The average molecular weight is 475 g/mol. The average Bonchev–Trinajstić information content (AvgIpc) is 3.03. The second-order valence-electron chi connectivity index (χ2n) is 8.45. The van der Waals surface area contributed by atoms with Gasteiger partial charge in [0.25, 0.3) is 11.8 Å². The van der Waals surface area contributed by atoms with Crippen molar-refractivity contribution in [1.29, 1.82) is 0 Å². The number of hydrogen-bond acceptors (Lipinski definition) is 6. The van der Waals surface area contributed by atoms with Crippen LogP contribution in [0.4, 0.5) is 0 Å². The number of nitrogens with one attached hydrogen (secondary N) is 1. The minimum absolute atomic E-state index is 0.105. The number of benzene rings is 1. The van der Waals surface area contributed by atoms with Gasteiger partial charge in [-0.1, -0.05) is 44.6 Å². The molecule has 0 saturated carbocycles. The zero-order valence-corrected chi connectivity index (χ0v) is 19.5. The third-order valence-electron chi connectivity index (χ3n) is 5.97. The maximum absolute atomic E-state index is 13.1. The molecule has 2 heterocycles. The molecule has 2 aliphatic rings. The number of carboxylic acids is 1. The molecule has 178 valence electrons. The minimum Gasteiger partial charge on any atom is -0.481 e. The van der Waals surface area contributed by atoms with E-state index in [1.807, 2.05) is 6.07 Å². The van der Waals surface area contributed by atoms with Gasteiger partial charge in [-0.25, -0.2) is 0 Å². The van der Waals surface area contributed by atoms with E-state index in [0.717, 1.165) is 66.9 Å². The van der Waals surface area contributed by atoms with Crippen LogP contribution in [0.5, 0.6) is 0 Å². The first kappa shape index (κ1) is 25.0. The highest BCUT2D eigenvalue weighted by Gasteiger charge is 2.45. The number of rotatable bonds is 13. The minimum atomic E-state index is -0.947. The Bertz CT molecular complexity index is 932. The topological polar surface area (TPSA) is 121 Å². The van der Waals surface area contributed by atoms with Crippen molar-refractivity contribution in [3.05, 3.63) is 29.3 Å². The molecule has 1 aromatic rings. The van der Waals surface area contributed by atoms with Gasteiger partial charge in [0.05, 0.1) is 11.1 Å². The Labute approximate surface area is 197 Å². The third-order valence-corrected chi connectivity index (χ3v) is 7.12. The fourth-order valence-electron chi connectivity index (χ4n) is 4.23. The van der Waals surface area contributed by atoms with Gasteiger partial charge in [-0.2, -0.15) is 0 Å². The van der Waals surface area contributed by atoms with Crippen molar-refractivity contribution in [2.75, 3.05) is 5.75 Å². The van der Waals surface area contributed by atoms with E-state index in [2.05, 4.69) is 5.32 Å². The van der Waals surface area contributed by atoms with Gasteiger partial charge in [-0.15, -0.1) is 11.8 Å². The second-order valence-corrected chi connectivity index (χ2v) is 9.58. The quantitative estimate of drug-likeness (QED) is 0.254. The van der Waals surface area contributed by atoms with E-state index in [0.29, 0.717) is 11.1 Å². The van der Waals surface area contributed by atoms with Crippen LogP contribution in [0.25, 0.3) is 0 Å². The number of piperidine rings is 1. The molecule has 0 aliphatic carbocycles. The zero-order valence-electron chi connectivity index (χ0n) is 18.6. The Kier molecular flexibility index (Phi) is 9.05. The molecule has 0 bridgehead atoms. The number of unbranched alkanes of at least 4 members (excludes halogenated alkanes) is 7. The van der Waals surface area contributed by atoms with E-state index < -0.39 is 29.7 Å². The van der Waals surface area contributed by atoms with Crippen LogP contribution in [0.2, 0.25) is 0 Å². The molecule has 3 rings (SSSR count). The lowest BCUT2D eigenvalue weighted by Gasteiger charge is -2.27. The Morgan fingerprint density at radius 2 is 1.64 bits per heavy atom. The molecule has 33 heavy (non-hydrogen) atoms. The van der Waals surface area contributed by atoms with Gasteiger partial charge in [-0.3, -0.25) is 34.2 Å². The summed E-state index contributed by atoms with van der Waals surface area (Å²) in [4.78, 5) is 61.8. The first-order valence-electron chi connectivity index (χ1n) is 11.6. The fourth-order valence-corrected chi connectivity index (χ4v) is 5.31. The summed E-state index contributed by atoms with van der Waals surface area (Å²) in [6.07, 6.45) is 8.72. The molecule has 0 spiro atoms. The van der Waals surface area contributed by atoms with Crippen molar-refractivity contribution < 1.29 is 29.1 Å². The SMILES string of the molecule is O=C(O)CCCCCCCCCCSc1cccc2c1C(=O)N(C1CCC(=O)NC1=O)C2=O. The highest BCUT2D eigenvalue weighted by atomic mass is 32.2. The zero-order chi connectivity index (χ0) is 23.8. The molecule has 1 fully saturated rings. The van der Waals surface area contributed by atoms with Crippen molar-refractivity contribution in [2.45, 2.75) is 81.6 Å². The number of carboxylic acid groups (broad SMARTS) is 1. The molecule has 1 aromatic carbocycles. The summed E-state index contributed by atoms with van der Waals surface area (Å²) >= 11 is 1.55. The van der Waals surface area contributed by atoms with Crippen molar-refractivity contribution in [1.82, 2.24) is 10.2 Å². The molecule has 2 N–H and O–H groups in total. The Hall–Kier alpha value is -2.68. The molecule has 4 amide bonds. The van der Waals surface area contributed by atoms with Crippen LogP contribution >= 0.6 is 11.8 Å². The smallest absolute Gasteiger partial charge is 0.303 e. The maximum Gasteiger partial charge on any atom is 0.303 e. The number of nitrogens with zero attached hydrogens (tertiary/aromatic N) is 1. The summed E-state index contributed by atoms with van der Waals surface area (Å²) in [5.41, 5.74) is 0.677. The number of carbonyl (C=O) groups excluding carboxylic acids is 4. The summed E-state index contributed by atoms with van der Waals surface area (Å²) in [7, 11) is 0. The van der Waals surface area contributed by atoms with Crippen molar-refractivity contribution in [3.8, 4) is 0 Å². The van der Waals surface area contributed by atoms with Crippen molar-refractivity contribution in [2.24, 2.45) is 0 Å². The standard InChI is InChI=1S/C24H30N2O6S/c27-19-14-13-17(22(30)25-19)26-23(31)16-10-9-11-18(21(16)24(26)32)33-15-8-6-4-2-1-3-5-7-12-20(28)29/h9-11,17H,1-8,12-15H2,(H,28,29)(H,25,27,30). The molecule has 2 aliphatic heterocycles. The molecule has 1 atom stereocenters.